The molecule has 2 bridgehead atoms. The normalized spacial score (nSPS) is 16.7. The number of hydrogen-bond acceptors (Lipinski definition) is 9. The first-order chi connectivity index (χ1) is 16.3. The van der Waals surface area contributed by atoms with Gasteiger partial charge in [-0.1, -0.05) is 12.1 Å². The lowest BCUT2D eigenvalue weighted by atomic mass is 10.2. The van der Waals surface area contributed by atoms with E-state index < -0.39 is 12.3 Å². The van der Waals surface area contributed by atoms with Crippen molar-refractivity contribution in [3.05, 3.63) is 59.2 Å². The smallest absolute Gasteiger partial charge is 0.309 e. The van der Waals surface area contributed by atoms with E-state index in [-0.39, 0.29) is 18.7 Å². The summed E-state index contributed by atoms with van der Waals surface area (Å²) in [6, 6.07) is 11.2. The predicted molar refractivity (Wildman–Crippen MR) is 125 cm³/mol. The van der Waals surface area contributed by atoms with Gasteiger partial charge in [0.1, 0.15) is 5.78 Å². The van der Waals surface area contributed by atoms with Gasteiger partial charge in [0.15, 0.2) is 6.29 Å². The number of rotatable bonds is 8. The zero-order valence-corrected chi connectivity index (χ0v) is 19.5. The summed E-state index contributed by atoms with van der Waals surface area (Å²) in [7, 11) is 0. The molecule has 184 valence electrons. The quantitative estimate of drug-likeness (QED) is 0.457. The molecule has 3 rings (SSSR count). The maximum absolute atomic E-state index is 11.9. The van der Waals surface area contributed by atoms with Gasteiger partial charge in [-0.2, -0.15) is 0 Å². The zero-order chi connectivity index (χ0) is 24.5. The van der Waals surface area contributed by atoms with Gasteiger partial charge in [-0.25, -0.2) is 0 Å². The van der Waals surface area contributed by atoms with E-state index in [1.54, 1.807) is 13.0 Å². The molecule has 0 aromatic carbocycles. The van der Waals surface area contributed by atoms with Gasteiger partial charge in [0.2, 0.25) is 0 Å². The number of aromatic nitrogens is 2. The topological polar surface area (TPSA) is 130 Å². The molecule has 0 fully saturated rings. The van der Waals surface area contributed by atoms with E-state index >= 15 is 0 Å². The molecular formula is C24H33N5O5. The highest BCUT2D eigenvalue weighted by molar-refractivity contribution is 5.77. The average molecular weight is 472 g/mol. The maximum atomic E-state index is 11.9. The van der Waals surface area contributed by atoms with E-state index in [1.165, 1.54) is 0 Å². The third-order valence-electron chi connectivity index (χ3n) is 5.55. The highest BCUT2D eigenvalue weighted by Crippen LogP contribution is 2.11. The van der Waals surface area contributed by atoms with E-state index in [2.05, 4.69) is 14.8 Å². The van der Waals surface area contributed by atoms with Crippen LogP contribution in [-0.2, 0) is 35.6 Å². The zero-order valence-electron chi connectivity index (χ0n) is 19.5. The number of aliphatic hydroxyl groups is 2. The Hall–Kier alpha value is -2.76. The van der Waals surface area contributed by atoms with Crippen LogP contribution in [0.3, 0.4) is 0 Å². The Morgan fingerprint density at radius 3 is 2.12 bits per heavy atom. The van der Waals surface area contributed by atoms with E-state index in [0.29, 0.717) is 58.1 Å². The summed E-state index contributed by atoms with van der Waals surface area (Å²) in [4.78, 5) is 38.4. The van der Waals surface area contributed by atoms with Gasteiger partial charge in [0, 0.05) is 52.4 Å². The number of aliphatic carboxylic acids is 1. The van der Waals surface area contributed by atoms with E-state index in [0.717, 1.165) is 17.1 Å². The van der Waals surface area contributed by atoms with Gasteiger partial charge in [-0.15, -0.1) is 0 Å². The van der Waals surface area contributed by atoms with Gasteiger partial charge in [0.25, 0.3) is 0 Å². The Morgan fingerprint density at radius 2 is 1.47 bits per heavy atom. The molecule has 0 aliphatic carbocycles. The average Bonchev–Trinajstić information content (AvgIpc) is 2.74. The Labute approximate surface area is 199 Å². The number of aliphatic hydroxyl groups excluding tert-OH is 1. The molecule has 2 aromatic heterocycles. The Kier molecular flexibility index (Phi) is 9.61. The third-order valence-corrected chi connectivity index (χ3v) is 5.55. The second-order valence-corrected chi connectivity index (χ2v) is 8.72. The van der Waals surface area contributed by atoms with Crippen molar-refractivity contribution in [3.8, 4) is 0 Å². The minimum Gasteiger partial charge on any atom is -0.481 e. The number of nitrogens with zero attached hydrogens (tertiary/aromatic N) is 5. The minimum atomic E-state index is -1.45. The number of β-amino-alcohol motifs (C(OH)–C–C–N with tert-alkyl or cyclic N) is 2. The summed E-state index contributed by atoms with van der Waals surface area (Å²) >= 11 is 0. The van der Waals surface area contributed by atoms with Crippen LogP contribution in [0.25, 0.3) is 0 Å². The molecule has 34 heavy (non-hydrogen) atoms. The van der Waals surface area contributed by atoms with Gasteiger partial charge in [-0.3, -0.25) is 34.3 Å². The lowest BCUT2D eigenvalue weighted by molar-refractivity contribution is -0.136. The van der Waals surface area contributed by atoms with Crippen LogP contribution < -0.4 is 0 Å². The first kappa shape index (κ1) is 25.9. The van der Waals surface area contributed by atoms with Crippen LogP contribution in [0.1, 0.15) is 29.7 Å². The highest BCUT2D eigenvalue weighted by atomic mass is 16.5. The Morgan fingerprint density at radius 1 is 0.882 bits per heavy atom. The first-order valence-electron chi connectivity index (χ1n) is 11.4. The summed E-state index contributed by atoms with van der Waals surface area (Å²) in [6.45, 7) is 6.03. The van der Waals surface area contributed by atoms with Crippen molar-refractivity contribution in [3.63, 3.8) is 0 Å². The fourth-order valence-electron chi connectivity index (χ4n) is 4.09. The Bertz CT molecular complexity index is 970. The molecule has 1 aliphatic heterocycles. The molecule has 10 heteroatoms. The molecule has 0 atom stereocenters. The second kappa shape index (κ2) is 12.6. The number of carbonyl (C=O) groups is 2. The number of carboxylic acids is 1. The summed E-state index contributed by atoms with van der Waals surface area (Å²) in [5, 5.41) is 28.2. The number of fused-ring (bicyclic) bond motifs is 2. The molecular weight excluding hydrogens is 438 g/mol. The van der Waals surface area contributed by atoms with Crippen LogP contribution in [0.2, 0.25) is 0 Å². The van der Waals surface area contributed by atoms with Crippen LogP contribution >= 0.6 is 0 Å². The highest BCUT2D eigenvalue weighted by Gasteiger charge is 2.18. The molecule has 3 heterocycles. The maximum Gasteiger partial charge on any atom is 0.309 e. The predicted octanol–water partition coefficient (Wildman–Crippen LogP) is 0.123. The van der Waals surface area contributed by atoms with Gasteiger partial charge in [-0.05, 0) is 31.2 Å². The van der Waals surface area contributed by atoms with E-state index in [1.807, 2.05) is 35.2 Å². The largest absolute Gasteiger partial charge is 0.481 e. The van der Waals surface area contributed by atoms with Crippen molar-refractivity contribution in [1.29, 1.82) is 0 Å². The molecule has 2 aromatic rings. The van der Waals surface area contributed by atoms with Crippen LogP contribution in [0.5, 0.6) is 0 Å². The molecule has 0 saturated heterocycles. The standard InChI is InChI=1S/C24H33N5O5/c1-18(30)13-28-10-8-27(14-20-5-2-4-19(25-20)12-23(31)32)9-11-29(17-24(33)34)16-22-7-3-6-21(15-28)26-22/h2-7,24,33-34H,8-17H2,1H3,(H,31,32). The molecule has 0 amide bonds. The molecule has 10 nitrogen and oxygen atoms in total. The molecule has 3 N–H and O–H groups in total. The van der Waals surface area contributed by atoms with E-state index in [9.17, 15) is 19.8 Å². The van der Waals surface area contributed by atoms with Crippen molar-refractivity contribution in [1.82, 2.24) is 24.7 Å². The number of hydrogen-bond donors (Lipinski definition) is 3. The number of ketones is 1. The second-order valence-electron chi connectivity index (χ2n) is 8.72. The molecule has 1 aliphatic rings. The number of Topliss-reactive ketones (excluding diaryl/α,β-unsaturated/α-hetero) is 1. The lowest BCUT2D eigenvalue weighted by Crippen LogP contribution is -2.42. The fraction of sp³-hybridized carbons (Fsp3) is 0.500. The van der Waals surface area contributed by atoms with Crippen LogP contribution in [-0.4, -0.2) is 97.3 Å². The molecule has 0 spiro atoms. The van der Waals surface area contributed by atoms with Crippen LogP contribution in [0, 0.1) is 0 Å². The summed E-state index contributed by atoms with van der Waals surface area (Å²) in [5.74, 6) is -0.841. The monoisotopic (exact) mass is 471 g/mol. The SMILES string of the molecule is CC(=O)CN1CCN(Cc2cccc(CC(=O)O)n2)CCN(CC(O)O)Cc2cccc(n2)C1. The number of carbonyl (C=O) groups excluding carboxylic acids is 1. The van der Waals surface area contributed by atoms with E-state index in [4.69, 9.17) is 10.1 Å². The van der Waals surface area contributed by atoms with Crippen molar-refractivity contribution in [2.24, 2.45) is 0 Å². The Balaban J connectivity index is 1.81. The van der Waals surface area contributed by atoms with Gasteiger partial charge >= 0.3 is 5.97 Å². The fourth-order valence-corrected chi connectivity index (χ4v) is 4.09. The molecule has 0 saturated carbocycles. The van der Waals surface area contributed by atoms with Crippen LogP contribution in [0.15, 0.2) is 36.4 Å². The summed E-state index contributed by atoms with van der Waals surface area (Å²) in [6.07, 6.45) is -1.59. The lowest BCUT2D eigenvalue weighted by Gasteiger charge is -2.31. The van der Waals surface area contributed by atoms with Crippen LogP contribution in [0.4, 0.5) is 0 Å². The van der Waals surface area contributed by atoms with Crippen molar-refractivity contribution >= 4 is 11.8 Å². The summed E-state index contributed by atoms with van der Waals surface area (Å²) < 4.78 is 0. The number of pyridine rings is 2. The van der Waals surface area contributed by atoms with Gasteiger partial charge in [0.05, 0.1) is 35.7 Å². The molecule has 0 unspecified atom stereocenters. The molecule has 0 radical (unpaired) electrons. The van der Waals surface area contributed by atoms with Crippen molar-refractivity contribution in [2.75, 3.05) is 39.3 Å². The van der Waals surface area contributed by atoms with Gasteiger partial charge < -0.3 is 15.3 Å². The van der Waals surface area contributed by atoms with Crippen molar-refractivity contribution < 1.29 is 24.9 Å². The minimum absolute atomic E-state index is 0.0842. The van der Waals surface area contributed by atoms with Crippen molar-refractivity contribution in [2.45, 2.75) is 39.3 Å². The number of carboxylic acid groups (broad SMARTS) is 1. The first-order valence-corrected chi connectivity index (χ1v) is 11.4. The third kappa shape index (κ3) is 8.88. The summed E-state index contributed by atoms with van der Waals surface area (Å²) in [5.41, 5.74) is 2.96.